The molecule has 12 rings (SSSR count). The molecule has 5 aliphatic rings. The van der Waals surface area contributed by atoms with E-state index in [0.29, 0.717) is 32.1 Å². The second kappa shape index (κ2) is 32.4. The van der Waals surface area contributed by atoms with Gasteiger partial charge in [0.15, 0.2) is 23.5 Å². The molecule has 0 N–H and O–H groups in total. The molecular weight excluding hydrogens is 1250 g/mol. The van der Waals surface area contributed by atoms with Crippen molar-refractivity contribution in [3.63, 3.8) is 0 Å². The first-order chi connectivity index (χ1) is 45.9. The fourth-order valence-corrected chi connectivity index (χ4v) is 10.8. The Morgan fingerprint density at radius 1 is 0.632 bits per heavy atom. The fraction of sp³-hybridized carbons (Fsp3) is 0.250. The van der Waals surface area contributed by atoms with Crippen LogP contribution in [0, 0.1) is 13.8 Å². The first kappa shape index (κ1) is 68.9. The van der Waals surface area contributed by atoms with Gasteiger partial charge in [0.1, 0.15) is 23.6 Å². The number of unbranched alkanes of at least 4 members (excludes halogenated alkanes) is 1. The largest absolute Gasteiger partial charge is 0.497 e. The molecule has 21 nitrogen and oxygen atoms in total. The molecule has 0 bridgehead atoms. The average Bonchev–Trinajstić information content (AvgIpc) is 1.80. The maximum absolute atomic E-state index is 12.7. The molecule has 7 amide bonds. The van der Waals surface area contributed by atoms with Crippen molar-refractivity contribution < 1.29 is 75.7 Å². The number of ether oxygens (including phenoxy) is 7. The summed E-state index contributed by atoms with van der Waals surface area (Å²) in [7, 11) is 3.15. The van der Waals surface area contributed by atoms with E-state index in [1.807, 2.05) is 117 Å². The number of fused-ring (bicyclic) bond motifs is 1. The molecule has 95 heavy (non-hydrogen) atoms. The van der Waals surface area contributed by atoms with Crippen LogP contribution in [-0.4, -0.2) is 125 Å². The van der Waals surface area contributed by atoms with Gasteiger partial charge in [0.25, 0.3) is 28.1 Å². The number of furan rings is 1. The first-order valence-electron chi connectivity index (χ1n) is 30.7. The van der Waals surface area contributed by atoms with Crippen LogP contribution >= 0.6 is 24.4 Å². The number of aromatic nitrogens is 1. The molecular formula is C72H71N6O15S2+. The van der Waals surface area contributed by atoms with Gasteiger partial charge >= 0.3 is 18.1 Å². The smallest absolute Gasteiger partial charge is 0.422 e. The number of thiocarbonyl (C=S) groups is 2. The van der Waals surface area contributed by atoms with Gasteiger partial charge in [-0.3, -0.25) is 28.9 Å². The zero-order valence-corrected chi connectivity index (χ0v) is 55.1. The second-order valence-corrected chi connectivity index (χ2v) is 22.5. The van der Waals surface area contributed by atoms with Crippen molar-refractivity contribution in [2.24, 2.45) is 0 Å². The number of cyclic esters (lactones) is 2. The number of imide groups is 3. The van der Waals surface area contributed by atoms with Crippen molar-refractivity contribution in [2.45, 2.75) is 73.0 Å². The Labute approximate surface area is 560 Å². The standard InChI is InChI=1S/C27H24N2O4.C16H21N2O3S.C16H15NO4.C13H11NO4S/c30-26-25(33-27(31)28(26)19-24-12-7-17-32-24)18-20-13-15-23(16-14-20)29(21-8-3-1-4-9-21)22-10-5-2-6-11-22;1-3-4-8-17-9-6-5-7-13(17)12-14-15(19)18(10-11-20-2)16(22)21-14;1-4-17-15(18)14(21-16(17)19)8-11-5-6-13-12(7-11)9(2)10(3)20-13;1-8(15)14-12(16)11(18-13(14)19)7-9-3-5-10(17-2)6-4-9/h1-6,8-11,13-16,18,24H,7,12,17,19H2;5-7,9,12H,3-4,8,10-11H2,1-2H3;5-8H,4H2,1-3H3;3-7H,1-2H3/q;+1;;/b25-18+;14-12+;14-8+;11-7+. The number of pyridine rings is 1. The van der Waals surface area contributed by atoms with Crippen molar-refractivity contribution in [3.8, 4) is 5.75 Å². The van der Waals surface area contributed by atoms with Crippen LogP contribution in [0.5, 0.6) is 5.75 Å². The number of methoxy groups -OCH3 is 2. The van der Waals surface area contributed by atoms with Gasteiger partial charge in [-0.25, -0.2) is 24.3 Å². The normalized spacial score (nSPS) is 17.6. The number of nitrogens with zero attached hydrogens (tertiary/aromatic N) is 6. The summed E-state index contributed by atoms with van der Waals surface area (Å²) in [6, 6.07) is 46.5. The van der Waals surface area contributed by atoms with Crippen LogP contribution in [0.15, 0.2) is 179 Å². The zero-order valence-electron chi connectivity index (χ0n) is 53.5. The number of anilines is 3. The van der Waals surface area contributed by atoms with Crippen LogP contribution in [0.3, 0.4) is 0 Å². The highest BCUT2D eigenvalue weighted by Gasteiger charge is 2.40. The fourth-order valence-electron chi connectivity index (χ4n) is 10.2. The topological polar surface area (TPSA) is 217 Å². The Kier molecular flexibility index (Phi) is 23.5. The van der Waals surface area contributed by atoms with Crippen LogP contribution in [0.1, 0.15) is 80.2 Å². The molecule has 7 aromatic rings. The lowest BCUT2D eigenvalue weighted by atomic mass is 10.1. The molecule has 5 fully saturated rings. The van der Waals surface area contributed by atoms with E-state index in [1.165, 1.54) is 17.9 Å². The third kappa shape index (κ3) is 17.0. The van der Waals surface area contributed by atoms with Crippen molar-refractivity contribution in [1.82, 2.24) is 19.6 Å². The molecule has 2 aromatic heterocycles. The minimum absolute atomic E-state index is 0.0327. The van der Waals surface area contributed by atoms with Crippen LogP contribution in [0.4, 0.5) is 26.7 Å². The molecule has 1 atom stereocenters. The highest BCUT2D eigenvalue weighted by atomic mass is 32.1. The zero-order chi connectivity index (χ0) is 67.7. The molecule has 1 unspecified atom stereocenters. The summed E-state index contributed by atoms with van der Waals surface area (Å²) in [5.41, 5.74) is 8.17. The van der Waals surface area contributed by atoms with Crippen molar-refractivity contribution in [1.29, 1.82) is 0 Å². The number of hydrogen-bond donors (Lipinski definition) is 0. The lowest BCUT2D eigenvalue weighted by molar-refractivity contribution is -0.699. The first-order valence-corrected chi connectivity index (χ1v) is 31.5. The molecule has 0 saturated carbocycles. The SMILES string of the molecule is CCCC[n+]1ccccc1/C=C1/OC(=S)N(CCOC)C1=O.CCN1C(=O)O/C(=C/c2ccc3oc(C)c(C)c3c2)C1=O.COc1ccc(/C=C2/OC(=S)N(C(C)=O)C2=O)cc1.O=C1O/C(=C/c2ccc(N(c3ccccc3)c3ccccc3)cc2)C(=O)N1CC1CCCO1. The highest BCUT2D eigenvalue weighted by Crippen LogP contribution is 2.35. The molecule has 490 valence electrons. The summed E-state index contributed by atoms with van der Waals surface area (Å²) in [6.07, 6.45) is 11.1. The summed E-state index contributed by atoms with van der Waals surface area (Å²) in [4.78, 5) is 90.5. The minimum Gasteiger partial charge on any atom is -0.497 e. The molecule has 23 heteroatoms. The van der Waals surface area contributed by atoms with Gasteiger partial charge < -0.3 is 42.5 Å². The van der Waals surface area contributed by atoms with Crippen LogP contribution in [0.2, 0.25) is 0 Å². The minimum atomic E-state index is -0.641. The third-order valence-corrected chi connectivity index (χ3v) is 15.9. The number of likely N-dealkylation sites (N-methyl/N-ethyl adjacent to an activating group) is 1. The van der Waals surface area contributed by atoms with Gasteiger partial charge in [-0.2, -0.15) is 4.57 Å². The summed E-state index contributed by atoms with van der Waals surface area (Å²) >= 11 is 9.93. The number of hydrogen-bond acceptors (Lipinski definition) is 18. The lowest BCUT2D eigenvalue weighted by Gasteiger charge is -2.25. The number of para-hydroxylation sites is 2. The number of rotatable bonds is 17. The number of carbonyl (C=O) groups is 7. The molecule has 5 saturated heterocycles. The molecule has 7 heterocycles. The van der Waals surface area contributed by atoms with E-state index in [4.69, 9.17) is 62.0 Å². The van der Waals surface area contributed by atoms with E-state index < -0.39 is 35.8 Å². The quantitative estimate of drug-likeness (QED) is 0.0470. The predicted octanol–water partition coefficient (Wildman–Crippen LogP) is 12.7. The predicted molar refractivity (Wildman–Crippen MR) is 363 cm³/mol. The van der Waals surface area contributed by atoms with Crippen LogP contribution in [-0.2, 0) is 58.9 Å². The Hall–Kier alpha value is -10.5. The monoisotopic (exact) mass is 1320 g/mol. The number of amides is 7. The van der Waals surface area contributed by atoms with E-state index in [1.54, 1.807) is 63.6 Å². The van der Waals surface area contributed by atoms with Crippen molar-refractivity contribution in [2.75, 3.05) is 52.0 Å². The second-order valence-electron chi connectivity index (χ2n) is 21.8. The van der Waals surface area contributed by atoms with E-state index in [-0.39, 0.29) is 51.9 Å². The molecule has 5 aliphatic heterocycles. The Balaban J connectivity index is 0.000000153. The van der Waals surface area contributed by atoms with Gasteiger partial charge in [-0.15, -0.1) is 0 Å². The van der Waals surface area contributed by atoms with E-state index in [2.05, 4.69) is 40.7 Å². The van der Waals surface area contributed by atoms with E-state index >= 15 is 0 Å². The van der Waals surface area contributed by atoms with E-state index in [9.17, 15) is 33.6 Å². The summed E-state index contributed by atoms with van der Waals surface area (Å²) in [6.45, 7) is 12.0. The summed E-state index contributed by atoms with van der Waals surface area (Å²) < 4.78 is 44.1. The van der Waals surface area contributed by atoms with Crippen LogP contribution in [0.25, 0.3) is 35.3 Å². The maximum atomic E-state index is 12.7. The number of benzene rings is 5. The summed E-state index contributed by atoms with van der Waals surface area (Å²) in [5, 5.41) is 1.03. The summed E-state index contributed by atoms with van der Waals surface area (Å²) in [5.74, 6) is -0.0837. The average molecular weight is 1320 g/mol. The Morgan fingerprint density at radius 3 is 1.75 bits per heavy atom. The van der Waals surface area contributed by atoms with Gasteiger partial charge in [0.05, 0.1) is 39.0 Å². The molecule has 0 spiro atoms. The third-order valence-electron chi connectivity index (χ3n) is 15.4. The van der Waals surface area contributed by atoms with Gasteiger partial charge in [-0.05, 0) is 165 Å². The Morgan fingerprint density at radius 2 is 1.18 bits per heavy atom. The number of carbonyl (C=O) groups excluding carboxylic acids is 7. The highest BCUT2D eigenvalue weighted by molar-refractivity contribution is 7.80. The van der Waals surface area contributed by atoms with Crippen LogP contribution < -0.4 is 14.2 Å². The molecule has 0 aliphatic carbocycles. The maximum Gasteiger partial charge on any atom is 0.422 e. The number of aryl methyl sites for hydroxylation is 3. The van der Waals surface area contributed by atoms with Gasteiger partial charge in [0, 0.05) is 68.2 Å². The van der Waals surface area contributed by atoms with Gasteiger partial charge in [-0.1, -0.05) is 80.1 Å². The van der Waals surface area contributed by atoms with E-state index in [0.717, 1.165) is 109 Å². The van der Waals surface area contributed by atoms with Crippen molar-refractivity contribution >= 4 is 129 Å². The van der Waals surface area contributed by atoms with Crippen molar-refractivity contribution in [3.05, 3.63) is 209 Å². The Bertz CT molecular complexity index is 4100. The molecule has 5 aromatic carbocycles. The van der Waals surface area contributed by atoms with Gasteiger partial charge in [0.2, 0.25) is 17.4 Å². The molecule has 0 radical (unpaired) electrons. The lowest BCUT2D eigenvalue weighted by Crippen LogP contribution is -2.36.